The fourth-order valence-corrected chi connectivity index (χ4v) is 4.14. The van der Waals surface area contributed by atoms with Crippen LogP contribution in [0.3, 0.4) is 0 Å². The molecule has 1 aromatic heterocycles. The first kappa shape index (κ1) is 22.8. The van der Waals surface area contributed by atoms with E-state index in [1.807, 2.05) is 49.6 Å². The van der Waals surface area contributed by atoms with Crippen molar-refractivity contribution in [2.24, 2.45) is 0 Å². The summed E-state index contributed by atoms with van der Waals surface area (Å²) in [5, 5.41) is 5.23. The zero-order valence-electron chi connectivity index (χ0n) is 17.6. The van der Waals surface area contributed by atoms with E-state index >= 15 is 0 Å². The second kappa shape index (κ2) is 10.5. The standard InChI is InChI=1S/C23H23BrN2O4S/c1-14(2)30-17-8-6-16(7-9-17)19-13-31-23(25-19)26-21(27)10-5-15-11-18(24)22(29-4)20(12-15)28-3/h5-14H,1-4H3,(H,25,26,27)/b10-5+. The van der Waals surface area contributed by atoms with Gasteiger partial charge in [-0.25, -0.2) is 4.98 Å². The van der Waals surface area contributed by atoms with Gasteiger partial charge in [0.2, 0.25) is 5.91 Å². The smallest absolute Gasteiger partial charge is 0.250 e. The molecule has 162 valence electrons. The van der Waals surface area contributed by atoms with Crippen LogP contribution in [-0.4, -0.2) is 31.2 Å². The third kappa shape index (κ3) is 6.08. The number of rotatable bonds is 8. The summed E-state index contributed by atoms with van der Waals surface area (Å²) >= 11 is 4.82. The molecule has 3 rings (SSSR count). The van der Waals surface area contributed by atoms with Crippen LogP contribution in [0.1, 0.15) is 19.4 Å². The molecule has 1 N–H and O–H groups in total. The predicted molar refractivity (Wildman–Crippen MR) is 128 cm³/mol. The number of carbonyl (C=O) groups is 1. The maximum Gasteiger partial charge on any atom is 0.250 e. The molecule has 0 aliphatic carbocycles. The number of nitrogens with one attached hydrogen (secondary N) is 1. The SMILES string of the molecule is COc1cc(/C=C/C(=O)Nc2nc(-c3ccc(OC(C)C)cc3)cs2)cc(Br)c1OC. The summed E-state index contributed by atoms with van der Waals surface area (Å²) in [6, 6.07) is 11.4. The van der Waals surface area contributed by atoms with Gasteiger partial charge in [-0.15, -0.1) is 11.3 Å². The van der Waals surface area contributed by atoms with Gasteiger partial charge in [0.25, 0.3) is 0 Å². The number of benzene rings is 2. The van der Waals surface area contributed by atoms with Crippen LogP contribution in [0.25, 0.3) is 17.3 Å². The minimum Gasteiger partial charge on any atom is -0.493 e. The molecule has 0 radical (unpaired) electrons. The fraction of sp³-hybridized carbons (Fsp3) is 0.217. The van der Waals surface area contributed by atoms with Crippen molar-refractivity contribution >= 4 is 44.4 Å². The van der Waals surface area contributed by atoms with E-state index in [0.717, 1.165) is 27.0 Å². The molecular formula is C23H23BrN2O4S. The Morgan fingerprint density at radius 3 is 2.55 bits per heavy atom. The number of thiazole rings is 1. The third-order valence-corrected chi connectivity index (χ3v) is 5.49. The number of ether oxygens (including phenoxy) is 3. The number of hydrogen-bond donors (Lipinski definition) is 1. The van der Waals surface area contributed by atoms with E-state index in [4.69, 9.17) is 14.2 Å². The highest BCUT2D eigenvalue weighted by Gasteiger charge is 2.10. The summed E-state index contributed by atoms with van der Waals surface area (Å²) in [6.07, 6.45) is 3.27. The Morgan fingerprint density at radius 2 is 1.90 bits per heavy atom. The molecule has 1 amide bonds. The Labute approximate surface area is 194 Å². The zero-order valence-corrected chi connectivity index (χ0v) is 20.0. The number of carbonyl (C=O) groups excluding carboxylic acids is 1. The summed E-state index contributed by atoms with van der Waals surface area (Å²) in [6.45, 7) is 3.98. The van der Waals surface area contributed by atoms with Crippen molar-refractivity contribution in [2.45, 2.75) is 20.0 Å². The van der Waals surface area contributed by atoms with Gasteiger partial charge in [0.05, 0.1) is 30.5 Å². The first-order valence-corrected chi connectivity index (χ1v) is 11.2. The van der Waals surface area contributed by atoms with Crippen LogP contribution in [0.15, 0.2) is 52.3 Å². The van der Waals surface area contributed by atoms with Crippen molar-refractivity contribution in [1.29, 1.82) is 0 Å². The van der Waals surface area contributed by atoms with E-state index in [0.29, 0.717) is 16.6 Å². The summed E-state index contributed by atoms with van der Waals surface area (Å²) in [5.74, 6) is 1.72. The van der Waals surface area contributed by atoms with Gasteiger partial charge in [-0.2, -0.15) is 0 Å². The molecule has 0 atom stereocenters. The molecule has 0 unspecified atom stereocenters. The van der Waals surface area contributed by atoms with E-state index in [1.165, 1.54) is 17.4 Å². The van der Waals surface area contributed by atoms with Crippen molar-refractivity contribution in [3.05, 3.63) is 57.9 Å². The largest absolute Gasteiger partial charge is 0.493 e. The summed E-state index contributed by atoms with van der Waals surface area (Å²) in [5.41, 5.74) is 2.55. The Balaban J connectivity index is 1.65. The van der Waals surface area contributed by atoms with Gasteiger partial charge in [-0.05, 0) is 77.8 Å². The lowest BCUT2D eigenvalue weighted by Gasteiger charge is -2.10. The monoisotopic (exact) mass is 502 g/mol. The first-order valence-electron chi connectivity index (χ1n) is 9.52. The molecule has 0 aliphatic rings. The molecule has 0 saturated heterocycles. The van der Waals surface area contributed by atoms with Crippen LogP contribution in [0.5, 0.6) is 17.2 Å². The molecule has 0 bridgehead atoms. The summed E-state index contributed by atoms with van der Waals surface area (Å²) in [4.78, 5) is 16.8. The van der Waals surface area contributed by atoms with Gasteiger partial charge in [-0.3, -0.25) is 10.1 Å². The normalized spacial score (nSPS) is 11.0. The lowest BCUT2D eigenvalue weighted by atomic mass is 10.2. The van der Waals surface area contributed by atoms with Crippen molar-refractivity contribution < 1.29 is 19.0 Å². The average molecular weight is 503 g/mol. The van der Waals surface area contributed by atoms with Gasteiger partial charge in [-0.1, -0.05) is 0 Å². The van der Waals surface area contributed by atoms with Gasteiger partial charge in [0.15, 0.2) is 16.6 Å². The molecular weight excluding hydrogens is 480 g/mol. The Morgan fingerprint density at radius 1 is 1.16 bits per heavy atom. The number of halogens is 1. The second-order valence-corrected chi connectivity index (χ2v) is 8.50. The van der Waals surface area contributed by atoms with E-state index in [2.05, 4.69) is 26.2 Å². The molecule has 1 heterocycles. The number of aromatic nitrogens is 1. The Bertz CT molecular complexity index is 1080. The molecule has 8 heteroatoms. The number of hydrogen-bond acceptors (Lipinski definition) is 6. The highest BCUT2D eigenvalue weighted by Crippen LogP contribution is 2.36. The summed E-state index contributed by atoms with van der Waals surface area (Å²) in [7, 11) is 3.14. The molecule has 2 aromatic carbocycles. The van der Waals surface area contributed by atoms with Crippen LogP contribution in [0.4, 0.5) is 5.13 Å². The topological polar surface area (TPSA) is 69.7 Å². The first-order chi connectivity index (χ1) is 14.9. The van der Waals surface area contributed by atoms with Crippen molar-refractivity contribution in [2.75, 3.05) is 19.5 Å². The van der Waals surface area contributed by atoms with Crippen LogP contribution in [-0.2, 0) is 4.79 Å². The minimum absolute atomic E-state index is 0.125. The number of methoxy groups -OCH3 is 2. The van der Waals surface area contributed by atoms with Crippen LogP contribution >= 0.6 is 27.3 Å². The highest BCUT2D eigenvalue weighted by molar-refractivity contribution is 9.10. The Kier molecular flexibility index (Phi) is 7.70. The minimum atomic E-state index is -0.271. The molecule has 6 nitrogen and oxygen atoms in total. The fourth-order valence-electron chi connectivity index (χ4n) is 2.79. The quantitative estimate of drug-likeness (QED) is 0.380. The van der Waals surface area contributed by atoms with Gasteiger partial charge >= 0.3 is 0 Å². The van der Waals surface area contributed by atoms with E-state index in [9.17, 15) is 4.79 Å². The number of anilines is 1. The van der Waals surface area contributed by atoms with Crippen molar-refractivity contribution in [1.82, 2.24) is 4.98 Å². The highest BCUT2D eigenvalue weighted by atomic mass is 79.9. The third-order valence-electron chi connectivity index (χ3n) is 4.14. The molecule has 0 spiro atoms. The zero-order chi connectivity index (χ0) is 22.4. The maximum atomic E-state index is 12.3. The molecule has 3 aromatic rings. The van der Waals surface area contributed by atoms with Crippen LogP contribution in [0.2, 0.25) is 0 Å². The average Bonchev–Trinajstić information content (AvgIpc) is 3.20. The predicted octanol–water partition coefficient (Wildman–Crippen LogP) is 6.03. The van der Waals surface area contributed by atoms with E-state index in [1.54, 1.807) is 26.4 Å². The van der Waals surface area contributed by atoms with E-state index < -0.39 is 0 Å². The maximum absolute atomic E-state index is 12.3. The lowest BCUT2D eigenvalue weighted by Crippen LogP contribution is -2.07. The molecule has 0 fully saturated rings. The van der Waals surface area contributed by atoms with Gasteiger partial charge in [0.1, 0.15) is 5.75 Å². The van der Waals surface area contributed by atoms with Crippen molar-refractivity contribution in [3.8, 4) is 28.5 Å². The Hall–Kier alpha value is -2.84. The molecule has 0 aliphatic heterocycles. The van der Waals surface area contributed by atoms with Crippen LogP contribution in [0, 0.1) is 0 Å². The lowest BCUT2D eigenvalue weighted by molar-refractivity contribution is -0.111. The number of amides is 1. The van der Waals surface area contributed by atoms with Gasteiger partial charge < -0.3 is 14.2 Å². The summed E-state index contributed by atoms with van der Waals surface area (Å²) < 4.78 is 17.0. The second-order valence-electron chi connectivity index (χ2n) is 6.79. The van der Waals surface area contributed by atoms with Gasteiger partial charge in [0, 0.05) is 17.0 Å². The van der Waals surface area contributed by atoms with Crippen molar-refractivity contribution in [3.63, 3.8) is 0 Å². The molecule has 31 heavy (non-hydrogen) atoms. The molecule has 0 saturated carbocycles. The number of nitrogens with zero attached hydrogens (tertiary/aromatic N) is 1. The van der Waals surface area contributed by atoms with E-state index in [-0.39, 0.29) is 12.0 Å². The van der Waals surface area contributed by atoms with Crippen LogP contribution < -0.4 is 19.5 Å².